The van der Waals surface area contributed by atoms with E-state index < -0.39 is 17.6 Å². The van der Waals surface area contributed by atoms with Crippen molar-refractivity contribution in [1.82, 2.24) is 25.6 Å². The predicted octanol–water partition coefficient (Wildman–Crippen LogP) is 2.52. The third-order valence-electron chi connectivity index (χ3n) is 3.70. The maximum absolute atomic E-state index is 12.8. The van der Waals surface area contributed by atoms with Gasteiger partial charge in [-0.15, -0.1) is 10.2 Å². The van der Waals surface area contributed by atoms with E-state index in [0.717, 1.165) is 22.5 Å². The molecule has 0 saturated heterocycles. The average molecular weight is 404 g/mol. The van der Waals surface area contributed by atoms with Crippen LogP contribution in [0.5, 0.6) is 5.75 Å². The molecule has 0 atom stereocenters. The van der Waals surface area contributed by atoms with Crippen LogP contribution in [-0.4, -0.2) is 39.4 Å². The van der Waals surface area contributed by atoms with E-state index in [0.29, 0.717) is 5.75 Å². The molecule has 0 spiro atoms. The smallest absolute Gasteiger partial charge is 0.416 e. The minimum absolute atomic E-state index is 0.0226. The Morgan fingerprint density at radius 3 is 2.69 bits per heavy atom. The van der Waals surface area contributed by atoms with Gasteiger partial charge in [-0.25, -0.2) is 5.43 Å². The van der Waals surface area contributed by atoms with Gasteiger partial charge in [0.25, 0.3) is 5.91 Å². The lowest BCUT2D eigenvalue weighted by atomic mass is 10.1. The quantitative estimate of drug-likeness (QED) is 0.503. The molecule has 1 N–H and O–H groups in total. The van der Waals surface area contributed by atoms with Gasteiger partial charge in [0.05, 0.1) is 18.9 Å². The van der Waals surface area contributed by atoms with Crippen LogP contribution in [0.15, 0.2) is 53.6 Å². The molecule has 3 rings (SSSR count). The summed E-state index contributed by atoms with van der Waals surface area (Å²) in [5.41, 5.74) is 2.38. The summed E-state index contributed by atoms with van der Waals surface area (Å²) in [6, 6.07) is 11.6. The predicted molar refractivity (Wildman–Crippen MR) is 97.0 cm³/mol. The van der Waals surface area contributed by atoms with Gasteiger partial charge in [-0.05, 0) is 47.2 Å². The Hall–Kier alpha value is -3.76. The summed E-state index contributed by atoms with van der Waals surface area (Å²) in [5.74, 6) is 0.147. The number of benzene rings is 2. The fraction of sp³-hybridized carbons (Fsp3) is 0.167. The summed E-state index contributed by atoms with van der Waals surface area (Å²) in [5, 5.41) is 15.1. The maximum Gasteiger partial charge on any atom is 0.416 e. The van der Waals surface area contributed by atoms with Crippen LogP contribution in [0.4, 0.5) is 13.2 Å². The van der Waals surface area contributed by atoms with Crippen molar-refractivity contribution >= 4 is 12.1 Å². The molecule has 11 heteroatoms. The van der Waals surface area contributed by atoms with Gasteiger partial charge in [0, 0.05) is 5.56 Å². The lowest BCUT2D eigenvalue weighted by molar-refractivity contribution is -0.137. The molecule has 1 amide bonds. The van der Waals surface area contributed by atoms with Crippen molar-refractivity contribution in [3.63, 3.8) is 0 Å². The molecule has 29 heavy (non-hydrogen) atoms. The van der Waals surface area contributed by atoms with Crippen molar-refractivity contribution in [1.29, 1.82) is 0 Å². The van der Waals surface area contributed by atoms with Gasteiger partial charge in [0.15, 0.2) is 0 Å². The highest BCUT2D eigenvalue weighted by Gasteiger charge is 2.30. The van der Waals surface area contributed by atoms with Crippen molar-refractivity contribution in [2.24, 2.45) is 5.10 Å². The van der Waals surface area contributed by atoms with Crippen molar-refractivity contribution in [3.05, 3.63) is 59.7 Å². The van der Waals surface area contributed by atoms with E-state index in [9.17, 15) is 18.0 Å². The Kier molecular flexibility index (Phi) is 5.86. The number of carbonyl (C=O) groups is 1. The molecule has 150 valence electrons. The van der Waals surface area contributed by atoms with Gasteiger partial charge >= 0.3 is 6.18 Å². The highest BCUT2D eigenvalue weighted by Crippen LogP contribution is 2.31. The molecule has 8 nitrogen and oxygen atoms in total. The van der Waals surface area contributed by atoms with Gasteiger partial charge in [-0.3, -0.25) is 4.79 Å². The number of halogens is 3. The number of amides is 1. The summed E-state index contributed by atoms with van der Waals surface area (Å²) >= 11 is 0. The lowest BCUT2D eigenvalue weighted by Gasteiger charge is -2.06. The number of hydrazone groups is 1. The largest absolute Gasteiger partial charge is 0.497 e. The number of alkyl halides is 3. The highest BCUT2D eigenvalue weighted by molar-refractivity contribution is 5.82. The number of nitrogens with zero attached hydrogens (tertiary/aromatic N) is 5. The van der Waals surface area contributed by atoms with Crippen LogP contribution < -0.4 is 10.2 Å². The lowest BCUT2D eigenvalue weighted by Crippen LogP contribution is -2.24. The Morgan fingerprint density at radius 1 is 1.24 bits per heavy atom. The van der Waals surface area contributed by atoms with Crippen LogP contribution >= 0.6 is 0 Å². The molecule has 1 aromatic heterocycles. The molecule has 0 saturated carbocycles. The highest BCUT2D eigenvalue weighted by atomic mass is 19.4. The standard InChI is InChI=1S/C18H15F3N6O2/c1-29-15-7-5-12(6-8-15)10-22-23-16(28)11-27-25-17(24-26-27)13-3-2-4-14(9-13)18(19,20)21/h2-10H,11H2,1H3,(H,23,28)/b22-10-. The Bertz CT molecular complexity index is 1010. The average Bonchev–Trinajstić information content (AvgIpc) is 3.16. The second-order valence-electron chi connectivity index (χ2n) is 5.79. The number of rotatable bonds is 6. The Balaban J connectivity index is 1.59. The van der Waals surface area contributed by atoms with Gasteiger partial charge in [0.1, 0.15) is 12.3 Å². The zero-order valence-corrected chi connectivity index (χ0v) is 15.1. The first kappa shape index (κ1) is 20.0. The summed E-state index contributed by atoms with van der Waals surface area (Å²) < 4.78 is 43.5. The number of methoxy groups -OCH3 is 1. The summed E-state index contributed by atoms with van der Waals surface area (Å²) in [4.78, 5) is 12.9. The number of tetrazole rings is 1. The van der Waals surface area contributed by atoms with Crippen LogP contribution in [0.3, 0.4) is 0 Å². The van der Waals surface area contributed by atoms with Gasteiger partial charge < -0.3 is 4.74 Å². The molecule has 0 aliphatic heterocycles. The molecular weight excluding hydrogens is 389 g/mol. The van der Waals surface area contributed by atoms with E-state index in [1.54, 1.807) is 31.4 Å². The van der Waals surface area contributed by atoms with Crippen molar-refractivity contribution in [3.8, 4) is 17.1 Å². The monoisotopic (exact) mass is 404 g/mol. The topological polar surface area (TPSA) is 94.3 Å². The second kappa shape index (κ2) is 8.50. The van der Waals surface area contributed by atoms with Crippen molar-refractivity contribution in [2.45, 2.75) is 12.7 Å². The maximum atomic E-state index is 12.8. The van der Waals surface area contributed by atoms with Crippen molar-refractivity contribution < 1.29 is 22.7 Å². The van der Waals surface area contributed by atoms with Crippen molar-refractivity contribution in [2.75, 3.05) is 7.11 Å². The third kappa shape index (κ3) is 5.37. The first-order valence-electron chi connectivity index (χ1n) is 8.26. The molecule has 1 heterocycles. The van der Waals surface area contributed by atoms with E-state index in [1.165, 1.54) is 18.3 Å². The molecule has 0 unspecified atom stereocenters. The minimum atomic E-state index is -4.48. The molecule has 0 radical (unpaired) electrons. The molecule has 0 aliphatic carbocycles. The summed E-state index contributed by atoms with van der Waals surface area (Å²) in [6.07, 6.45) is -3.03. The van der Waals surface area contributed by atoms with E-state index in [4.69, 9.17) is 4.74 Å². The normalized spacial score (nSPS) is 11.6. The summed E-state index contributed by atoms with van der Waals surface area (Å²) in [7, 11) is 1.56. The molecule has 0 bridgehead atoms. The van der Waals surface area contributed by atoms with Crippen LogP contribution in [0.25, 0.3) is 11.4 Å². The molecule has 3 aromatic rings. The zero-order valence-electron chi connectivity index (χ0n) is 15.1. The van der Waals surface area contributed by atoms with Gasteiger partial charge in [-0.1, -0.05) is 12.1 Å². The molecule has 0 fully saturated rings. The fourth-order valence-corrected chi connectivity index (χ4v) is 2.29. The van der Waals surface area contributed by atoms with E-state index in [1.807, 2.05) is 0 Å². The zero-order chi connectivity index (χ0) is 20.9. The fourth-order valence-electron chi connectivity index (χ4n) is 2.29. The van der Waals surface area contributed by atoms with Crippen LogP contribution in [0, 0.1) is 0 Å². The van der Waals surface area contributed by atoms with Gasteiger partial charge in [0.2, 0.25) is 5.82 Å². The third-order valence-corrected chi connectivity index (χ3v) is 3.70. The first-order valence-corrected chi connectivity index (χ1v) is 8.26. The Labute approximate surface area is 163 Å². The molecule has 0 aliphatic rings. The number of carbonyl (C=O) groups excluding carboxylic acids is 1. The summed E-state index contributed by atoms with van der Waals surface area (Å²) in [6.45, 7) is -0.300. The van der Waals surface area contributed by atoms with Crippen LogP contribution in [0.2, 0.25) is 0 Å². The SMILES string of the molecule is COc1ccc(/C=N\NC(=O)Cn2nnc(-c3cccc(C(F)(F)F)c3)n2)cc1. The van der Waals surface area contributed by atoms with Gasteiger partial charge in [-0.2, -0.15) is 23.1 Å². The number of ether oxygens (including phenoxy) is 1. The second-order valence-corrected chi connectivity index (χ2v) is 5.79. The van der Waals surface area contributed by atoms with E-state index >= 15 is 0 Å². The minimum Gasteiger partial charge on any atom is -0.497 e. The number of hydrogen-bond acceptors (Lipinski definition) is 6. The first-order chi connectivity index (χ1) is 13.8. The van der Waals surface area contributed by atoms with Crippen LogP contribution in [0.1, 0.15) is 11.1 Å². The number of aromatic nitrogens is 4. The van der Waals surface area contributed by atoms with E-state index in [2.05, 4.69) is 25.9 Å². The molecule has 2 aromatic carbocycles. The number of nitrogens with one attached hydrogen (secondary N) is 1. The van der Waals surface area contributed by atoms with E-state index in [-0.39, 0.29) is 17.9 Å². The Morgan fingerprint density at radius 2 is 2.00 bits per heavy atom. The van der Waals surface area contributed by atoms with Crippen LogP contribution in [-0.2, 0) is 17.5 Å². The molecular formula is C18H15F3N6O2. The number of hydrogen-bond donors (Lipinski definition) is 1.